The summed E-state index contributed by atoms with van der Waals surface area (Å²) in [5.74, 6) is 1.45. The van der Waals surface area contributed by atoms with E-state index in [1.165, 1.54) is 11.1 Å². The number of nitrogens with zero attached hydrogens (tertiary/aromatic N) is 4. The Kier molecular flexibility index (Phi) is 3.61. The molecule has 0 aliphatic carbocycles. The highest BCUT2D eigenvalue weighted by Crippen LogP contribution is 2.26. The Bertz CT molecular complexity index is 933. The Labute approximate surface area is 144 Å². The van der Waals surface area contributed by atoms with Gasteiger partial charge >= 0.3 is 5.97 Å². The third kappa shape index (κ3) is 2.70. The molecule has 0 spiro atoms. The van der Waals surface area contributed by atoms with Crippen molar-refractivity contribution in [3.05, 3.63) is 46.7 Å². The number of benzene rings is 1. The van der Waals surface area contributed by atoms with Gasteiger partial charge in [0.05, 0.1) is 19.6 Å². The number of furan rings is 1. The van der Waals surface area contributed by atoms with Crippen molar-refractivity contribution < 1.29 is 14.3 Å². The predicted octanol–water partition coefficient (Wildman–Crippen LogP) is 2.42. The zero-order chi connectivity index (χ0) is 17.7. The van der Waals surface area contributed by atoms with Crippen LogP contribution in [-0.4, -0.2) is 36.8 Å². The van der Waals surface area contributed by atoms with Crippen LogP contribution in [0.3, 0.4) is 0 Å². The largest absolute Gasteiger partial charge is 0.480 e. The molecule has 130 valence electrons. The molecular weight excluding hydrogens is 320 g/mol. The van der Waals surface area contributed by atoms with Crippen molar-refractivity contribution in [2.75, 3.05) is 0 Å². The molecule has 1 atom stereocenters. The minimum atomic E-state index is -0.846. The van der Waals surface area contributed by atoms with E-state index >= 15 is 0 Å². The van der Waals surface area contributed by atoms with Crippen LogP contribution in [0.5, 0.6) is 0 Å². The molecule has 25 heavy (non-hydrogen) atoms. The Balaban J connectivity index is 1.65. The highest BCUT2D eigenvalue weighted by Gasteiger charge is 2.33. The molecule has 0 radical (unpaired) electrons. The van der Waals surface area contributed by atoms with Crippen molar-refractivity contribution in [3.63, 3.8) is 0 Å². The van der Waals surface area contributed by atoms with Crippen molar-refractivity contribution >= 4 is 16.9 Å². The summed E-state index contributed by atoms with van der Waals surface area (Å²) in [6, 6.07) is 5.49. The van der Waals surface area contributed by atoms with E-state index in [0.717, 1.165) is 28.4 Å². The number of rotatable bonds is 3. The van der Waals surface area contributed by atoms with Crippen LogP contribution in [0, 0.1) is 20.8 Å². The number of hydrogen-bond donors (Lipinski definition) is 1. The van der Waals surface area contributed by atoms with E-state index < -0.39 is 12.0 Å². The Morgan fingerprint density at radius 1 is 1.24 bits per heavy atom. The highest BCUT2D eigenvalue weighted by molar-refractivity contribution is 5.79. The van der Waals surface area contributed by atoms with Crippen molar-refractivity contribution in [1.82, 2.24) is 19.7 Å². The number of carboxylic acid groups (broad SMARTS) is 1. The molecule has 3 heterocycles. The van der Waals surface area contributed by atoms with Gasteiger partial charge in [0.1, 0.15) is 29.0 Å². The molecular formula is C18H20N4O3. The first-order valence-electron chi connectivity index (χ1n) is 8.27. The maximum Gasteiger partial charge on any atom is 0.322 e. The van der Waals surface area contributed by atoms with Gasteiger partial charge in [0.2, 0.25) is 0 Å². The van der Waals surface area contributed by atoms with Gasteiger partial charge in [0, 0.05) is 5.39 Å². The average Bonchev–Trinajstić information content (AvgIpc) is 3.10. The minimum Gasteiger partial charge on any atom is -0.480 e. The van der Waals surface area contributed by atoms with Gasteiger partial charge in [-0.05, 0) is 50.1 Å². The molecule has 1 N–H and O–H groups in total. The first-order chi connectivity index (χ1) is 11.9. The first kappa shape index (κ1) is 15.8. The number of carbonyl (C=O) groups is 1. The molecule has 0 fully saturated rings. The lowest BCUT2D eigenvalue weighted by atomic mass is 10.1. The van der Waals surface area contributed by atoms with E-state index in [9.17, 15) is 9.90 Å². The lowest BCUT2D eigenvalue weighted by molar-refractivity contribution is -0.145. The molecule has 0 saturated carbocycles. The second-order valence-electron chi connectivity index (χ2n) is 6.72. The number of fused-ring (bicyclic) bond motifs is 2. The third-order valence-electron chi connectivity index (χ3n) is 4.98. The molecule has 7 heteroatoms. The maximum absolute atomic E-state index is 11.7. The Morgan fingerprint density at radius 3 is 2.76 bits per heavy atom. The quantitative estimate of drug-likeness (QED) is 0.788. The second kappa shape index (κ2) is 5.70. The monoisotopic (exact) mass is 340 g/mol. The molecule has 0 saturated heterocycles. The van der Waals surface area contributed by atoms with Crippen LogP contribution in [0.1, 0.15) is 28.5 Å². The molecule has 0 bridgehead atoms. The normalized spacial score (nSPS) is 17.8. The van der Waals surface area contributed by atoms with Gasteiger partial charge in [-0.1, -0.05) is 0 Å². The van der Waals surface area contributed by atoms with Crippen LogP contribution >= 0.6 is 0 Å². The van der Waals surface area contributed by atoms with Gasteiger partial charge < -0.3 is 14.1 Å². The fourth-order valence-electron chi connectivity index (χ4n) is 3.40. The van der Waals surface area contributed by atoms with E-state index in [2.05, 4.69) is 30.1 Å². The van der Waals surface area contributed by atoms with Gasteiger partial charge in [-0.2, -0.15) is 0 Å². The van der Waals surface area contributed by atoms with Crippen LogP contribution in [0.4, 0.5) is 0 Å². The summed E-state index contributed by atoms with van der Waals surface area (Å²) in [5.41, 5.74) is 3.23. The van der Waals surface area contributed by atoms with Crippen molar-refractivity contribution in [2.45, 2.75) is 46.4 Å². The summed E-state index contributed by atoms with van der Waals surface area (Å²) < 4.78 is 7.83. The van der Waals surface area contributed by atoms with Crippen LogP contribution in [0.2, 0.25) is 0 Å². The minimum absolute atomic E-state index is 0.349. The maximum atomic E-state index is 11.7. The topological polar surface area (TPSA) is 84.4 Å². The first-order valence-corrected chi connectivity index (χ1v) is 8.27. The van der Waals surface area contributed by atoms with Crippen LogP contribution in [0.15, 0.2) is 22.6 Å². The molecule has 2 aromatic heterocycles. The van der Waals surface area contributed by atoms with Crippen LogP contribution in [-0.2, 0) is 24.4 Å². The zero-order valence-electron chi connectivity index (χ0n) is 14.5. The molecule has 1 unspecified atom stereocenters. The van der Waals surface area contributed by atoms with E-state index in [0.29, 0.717) is 19.6 Å². The Morgan fingerprint density at radius 2 is 2.00 bits per heavy atom. The number of aromatic nitrogens is 3. The van der Waals surface area contributed by atoms with E-state index in [1.54, 1.807) is 0 Å². The Hall–Kier alpha value is -2.67. The molecule has 1 aliphatic heterocycles. The number of hydrogen-bond acceptors (Lipinski definition) is 5. The average molecular weight is 340 g/mol. The predicted molar refractivity (Wildman–Crippen MR) is 91.1 cm³/mol. The lowest BCUT2D eigenvalue weighted by Crippen LogP contribution is -2.47. The molecule has 7 nitrogen and oxygen atoms in total. The van der Waals surface area contributed by atoms with Gasteiger partial charge in [0.25, 0.3) is 0 Å². The summed E-state index contributed by atoms with van der Waals surface area (Å²) in [6.45, 7) is 7.18. The molecule has 4 rings (SSSR count). The smallest absolute Gasteiger partial charge is 0.322 e. The van der Waals surface area contributed by atoms with Gasteiger partial charge in [0.15, 0.2) is 0 Å². The van der Waals surface area contributed by atoms with E-state index in [-0.39, 0.29) is 0 Å². The molecule has 1 aromatic carbocycles. The highest BCUT2D eigenvalue weighted by atomic mass is 16.4. The van der Waals surface area contributed by atoms with Crippen molar-refractivity contribution in [2.24, 2.45) is 0 Å². The van der Waals surface area contributed by atoms with Gasteiger partial charge in [-0.25, -0.2) is 0 Å². The number of aryl methyl sites for hydroxylation is 3. The fraction of sp³-hybridized carbons (Fsp3) is 0.389. The fourth-order valence-corrected chi connectivity index (χ4v) is 3.40. The SMILES string of the molecule is Cc1cc2cc(CN3Cc4nnc(C)n4CC3C(=O)O)oc2cc1C. The summed E-state index contributed by atoms with van der Waals surface area (Å²) in [7, 11) is 0. The number of carboxylic acids is 1. The van der Waals surface area contributed by atoms with E-state index in [4.69, 9.17) is 4.42 Å². The van der Waals surface area contributed by atoms with Crippen LogP contribution in [0.25, 0.3) is 11.0 Å². The third-order valence-corrected chi connectivity index (χ3v) is 4.98. The summed E-state index contributed by atoms with van der Waals surface area (Å²) >= 11 is 0. The lowest BCUT2D eigenvalue weighted by Gasteiger charge is -2.32. The summed E-state index contributed by atoms with van der Waals surface area (Å²) in [4.78, 5) is 13.6. The molecule has 1 aliphatic rings. The summed E-state index contributed by atoms with van der Waals surface area (Å²) in [5, 5.41) is 18.9. The number of aliphatic carboxylic acids is 1. The second-order valence-corrected chi connectivity index (χ2v) is 6.72. The van der Waals surface area contributed by atoms with Gasteiger partial charge in [-0.3, -0.25) is 9.69 Å². The van der Waals surface area contributed by atoms with Crippen molar-refractivity contribution in [3.8, 4) is 0 Å². The summed E-state index contributed by atoms with van der Waals surface area (Å²) in [6.07, 6.45) is 0. The van der Waals surface area contributed by atoms with Crippen molar-refractivity contribution in [1.29, 1.82) is 0 Å². The van der Waals surface area contributed by atoms with Crippen LogP contribution < -0.4 is 0 Å². The van der Waals surface area contributed by atoms with E-state index in [1.807, 2.05) is 28.5 Å². The molecule has 3 aromatic rings. The van der Waals surface area contributed by atoms with Gasteiger partial charge in [-0.15, -0.1) is 10.2 Å². The standard InChI is InChI=1S/C18H20N4O3/c1-10-4-13-6-14(25-16(13)5-11(10)2)7-21-9-17-20-19-12(3)22(17)8-15(21)18(23)24/h4-6,15H,7-9H2,1-3H3,(H,23,24). The molecule has 0 amide bonds. The zero-order valence-corrected chi connectivity index (χ0v) is 14.5.